The molecule has 2 N–H and O–H groups in total. The third-order valence-electron chi connectivity index (χ3n) is 5.34. The monoisotopic (exact) mass is 414 g/mol. The zero-order valence-electron chi connectivity index (χ0n) is 18.1. The van der Waals surface area contributed by atoms with Crippen LogP contribution in [0.5, 0.6) is 0 Å². The number of hydrogen-bond donors (Lipinski definition) is 2. The maximum Gasteiger partial charge on any atom is 0.345 e. The maximum absolute atomic E-state index is 12.3. The van der Waals surface area contributed by atoms with E-state index in [0.717, 1.165) is 63.5 Å². The molecule has 8 heteroatoms. The summed E-state index contributed by atoms with van der Waals surface area (Å²) in [5, 5.41) is 11.1. The van der Waals surface area contributed by atoms with E-state index in [1.807, 2.05) is 22.8 Å². The fourth-order valence-electron chi connectivity index (χ4n) is 3.61. The van der Waals surface area contributed by atoms with Crippen LogP contribution in [0.3, 0.4) is 0 Å². The van der Waals surface area contributed by atoms with Crippen molar-refractivity contribution in [2.24, 2.45) is 4.99 Å². The van der Waals surface area contributed by atoms with E-state index in [9.17, 15) is 4.79 Å². The number of ether oxygens (including phenoxy) is 1. The lowest BCUT2D eigenvalue weighted by molar-refractivity contribution is 0.0646. The van der Waals surface area contributed by atoms with Crippen LogP contribution in [-0.2, 0) is 24.2 Å². The van der Waals surface area contributed by atoms with Crippen LogP contribution in [0.4, 0.5) is 0 Å². The lowest BCUT2D eigenvalue weighted by Gasteiger charge is -2.14. The van der Waals surface area contributed by atoms with E-state index in [-0.39, 0.29) is 11.8 Å². The van der Waals surface area contributed by atoms with Crippen LogP contribution >= 0.6 is 0 Å². The average Bonchev–Trinajstić information content (AvgIpc) is 3.11. The van der Waals surface area contributed by atoms with Gasteiger partial charge in [-0.1, -0.05) is 30.3 Å². The molecule has 0 saturated heterocycles. The van der Waals surface area contributed by atoms with E-state index in [1.54, 1.807) is 11.7 Å². The van der Waals surface area contributed by atoms with E-state index in [4.69, 9.17) is 4.74 Å². The molecule has 2 heterocycles. The third-order valence-corrected chi connectivity index (χ3v) is 5.34. The summed E-state index contributed by atoms with van der Waals surface area (Å²) >= 11 is 0. The molecule has 0 spiro atoms. The highest BCUT2D eigenvalue weighted by atomic mass is 16.5. The van der Waals surface area contributed by atoms with Crippen molar-refractivity contribution in [1.82, 2.24) is 25.0 Å². The van der Waals surface area contributed by atoms with Gasteiger partial charge in [-0.05, 0) is 38.2 Å². The standard InChI is InChI=1S/C22H34N6O2/c1-18(19-10-4-3-5-11-19)30-17-9-14-25-21(23-2)24-13-8-16-28-22(29)27-15-7-6-12-20(27)26-28/h3-5,10-11,18H,6-9,12-17H2,1-2H3,(H2,23,24,25). The summed E-state index contributed by atoms with van der Waals surface area (Å²) in [7, 11) is 1.76. The van der Waals surface area contributed by atoms with Gasteiger partial charge in [-0.25, -0.2) is 9.48 Å². The molecule has 30 heavy (non-hydrogen) atoms. The Bertz CT molecular complexity index is 858. The Hall–Kier alpha value is -2.61. The Labute approximate surface area is 178 Å². The van der Waals surface area contributed by atoms with Crippen molar-refractivity contribution >= 4 is 5.96 Å². The predicted octanol–water partition coefficient (Wildman–Crippen LogP) is 2.10. The first-order valence-electron chi connectivity index (χ1n) is 11.0. The molecule has 0 bridgehead atoms. The van der Waals surface area contributed by atoms with Gasteiger partial charge < -0.3 is 15.4 Å². The fraction of sp³-hybridized carbons (Fsp3) is 0.591. The fourth-order valence-corrected chi connectivity index (χ4v) is 3.61. The van der Waals surface area contributed by atoms with Gasteiger partial charge in [0.25, 0.3) is 0 Å². The minimum atomic E-state index is 0.0249. The quantitative estimate of drug-likeness (QED) is 0.353. The number of hydrogen-bond acceptors (Lipinski definition) is 4. The van der Waals surface area contributed by atoms with Crippen molar-refractivity contribution in [1.29, 1.82) is 0 Å². The number of nitrogens with zero attached hydrogens (tertiary/aromatic N) is 4. The Morgan fingerprint density at radius 1 is 1.20 bits per heavy atom. The predicted molar refractivity (Wildman–Crippen MR) is 119 cm³/mol. The number of aliphatic imine (C=N–C) groups is 1. The Balaban J connectivity index is 1.29. The second kappa shape index (κ2) is 11.5. The number of nitrogens with one attached hydrogen (secondary N) is 2. The Morgan fingerprint density at radius 3 is 2.70 bits per heavy atom. The van der Waals surface area contributed by atoms with Crippen LogP contribution in [0.15, 0.2) is 40.1 Å². The minimum Gasteiger partial charge on any atom is -0.374 e. The molecular weight excluding hydrogens is 380 g/mol. The van der Waals surface area contributed by atoms with Gasteiger partial charge in [0.15, 0.2) is 5.96 Å². The molecule has 0 radical (unpaired) electrons. The van der Waals surface area contributed by atoms with Gasteiger partial charge in [-0.3, -0.25) is 9.56 Å². The van der Waals surface area contributed by atoms with E-state index in [2.05, 4.69) is 39.8 Å². The lowest BCUT2D eigenvalue weighted by Crippen LogP contribution is -2.39. The van der Waals surface area contributed by atoms with Crippen LogP contribution < -0.4 is 16.3 Å². The molecule has 3 rings (SSSR count). The van der Waals surface area contributed by atoms with E-state index in [0.29, 0.717) is 13.2 Å². The number of aryl methyl sites for hydroxylation is 2. The summed E-state index contributed by atoms with van der Waals surface area (Å²) in [6.45, 7) is 5.70. The molecule has 0 saturated carbocycles. The van der Waals surface area contributed by atoms with Crippen LogP contribution in [0.1, 0.15) is 50.1 Å². The van der Waals surface area contributed by atoms with Crippen molar-refractivity contribution in [3.63, 3.8) is 0 Å². The van der Waals surface area contributed by atoms with Crippen molar-refractivity contribution in [3.8, 4) is 0 Å². The second-order valence-electron chi connectivity index (χ2n) is 7.59. The van der Waals surface area contributed by atoms with Gasteiger partial charge in [0, 0.05) is 46.3 Å². The van der Waals surface area contributed by atoms with Crippen LogP contribution in [0, 0.1) is 0 Å². The van der Waals surface area contributed by atoms with Crippen molar-refractivity contribution < 1.29 is 4.74 Å². The van der Waals surface area contributed by atoms with Crippen LogP contribution in [-0.4, -0.2) is 47.1 Å². The summed E-state index contributed by atoms with van der Waals surface area (Å²) in [4.78, 5) is 16.6. The van der Waals surface area contributed by atoms with Gasteiger partial charge in [-0.15, -0.1) is 0 Å². The first kappa shape index (κ1) is 22.1. The largest absolute Gasteiger partial charge is 0.374 e. The molecule has 0 amide bonds. The van der Waals surface area contributed by atoms with E-state index in [1.165, 1.54) is 5.56 Å². The zero-order valence-corrected chi connectivity index (χ0v) is 18.1. The molecule has 8 nitrogen and oxygen atoms in total. The smallest absolute Gasteiger partial charge is 0.345 e. The number of rotatable bonds is 10. The van der Waals surface area contributed by atoms with Gasteiger partial charge in [0.2, 0.25) is 0 Å². The number of benzene rings is 1. The third kappa shape index (κ3) is 6.19. The minimum absolute atomic E-state index is 0.0249. The summed E-state index contributed by atoms with van der Waals surface area (Å²) in [6.07, 6.45) is 4.91. The summed E-state index contributed by atoms with van der Waals surface area (Å²) in [6, 6.07) is 10.2. The van der Waals surface area contributed by atoms with Gasteiger partial charge in [0.1, 0.15) is 5.82 Å². The highest BCUT2D eigenvalue weighted by Crippen LogP contribution is 2.15. The zero-order chi connectivity index (χ0) is 21.2. The normalized spacial score (nSPS) is 14.9. The molecule has 1 aliphatic rings. The number of fused-ring (bicyclic) bond motifs is 1. The molecule has 1 unspecified atom stereocenters. The van der Waals surface area contributed by atoms with Crippen molar-refractivity contribution in [2.45, 2.75) is 58.2 Å². The molecule has 0 fully saturated rings. The van der Waals surface area contributed by atoms with E-state index < -0.39 is 0 Å². The molecule has 164 valence electrons. The number of aromatic nitrogens is 3. The molecule has 1 aliphatic heterocycles. The van der Waals surface area contributed by atoms with Gasteiger partial charge in [-0.2, -0.15) is 5.10 Å². The van der Waals surface area contributed by atoms with Crippen molar-refractivity contribution in [2.75, 3.05) is 26.7 Å². The lowest BCUT2D eigenvalue weighted by atomic mass is 10.1. The van der Waals surface area contributed by atoms with Crippen LogP contribution in [0.2, 0.25) is 0 Å². The van der Waals surface area contributed by atoms with Gasteiger partial charge >= 0.3 is 5.69 Å². The molecule has 0 aliphatic carbocycles. The molecule has 1 aromatic heterocycles. The summed E-state index contributed by atoms with van der Waals surface area (Å²) in [5.74, 6) is 1.70. The van der Waals surface area contributed by atoms with Gasteiger partial charge in [0.05, 0.1) is 6.10 Å². The highest BCUT2D eigenvalue weighted by molar-refractivity contribution is 5.79. The molecule has 2 aromatic rings. The molecule has 1 atom stereocenters. The summed E-state index contributed by atoms with van der Waals surface area (Å²) < 4.78 is 9.31. The van der Waals surface area contributed by atoms with Crippen LogP contribution in [0.25, 0.3) is 0 Å². The highest BCUT2D eigenvalue weighted by Gasteiger charge is 2.16. The second-order valence-corrected chi connectivity index (χ2v) is 7.59. The summed E-state index contributed by atoms with van der Waals surface area (Å²) in [5.41, 5.74) is 1.22. The Kier molecular flexibility index (Phi) is 8.50. The van der Waals surface area contributed by atoms with Crippen molar-refractivity contribution in [3.05, 3.63) is 52.2 Å². The molecule has 1 aromatic carbocycles. The molecular formula is C22H34N6O2. The average molecular weight is 415 g/mol. The SMILES string of the molecule is CN=C(NCCCOC(C)c1ccccc1)NCCCn1nc2n(c1=O)CCCC2. The number of guanidine groups is 1. The Morgan fingerprint density at radius 2 is 1.97 bits per heavy atom. The maximum atomic E-state index is 12.3. The van der Waals surface area contributed by atoms with E-state index >= 15 is 0 Å². The first-order valence-corrected chi connectivity index (χ1v) is 11.0. The topological polar surface area (TPSA) is 85.5 Å². The first-order chi connectivity index (χ1) is 14.7.